The van der Waals surface area contributed by atoms with Crippen LogP contribution in [0.15, 0.2) is 0 Å². The Bertz CT molecular complexity index is 376. The fraction of sp³-hybridized carbons (Fsp3) is 0.714. The van der Waals surface area contributed by atoms with Gasteiger partial charge in [0.2, 0.25) is 0 Å². The van der Waals surface area contributed by atoms with Gasteiger partial charge in [0.15, 0.2) is 0 Å². The molecule has 1 aliphatic carbocycles. The van der Waals surface area contributed by atoms with Gasteiger partial charge in [-0.25, -0.2) is 0 Å². The number of esters is 4. The van der Waals surface area contributed by atoms with Crippen molar-refractivity contribution in [3.63, 3.8) is 0 Å². The normalized spacial score (nSPS) is 27.5. The molecule has 0 amide bonds. The van der Waals surface area contributed by atoms with Crippen LogP contribution < -0.4 is 0 Å². The van der Waals surface area contributed by atoms with Crippen molar-refractivity contribution in [2.75, 3.05) is 0 Å². The second-order valence-electron chi connectivity index (χ2n) is 5.06. The summed E-state index contributed by atoms with van der Waals surface area (Å²) in [4.78, 5) is 44.7. The maximum Gasteiger partial charge on any atom is 0.303 e. The van der Waals surface area contributed by atoms with Crippen LogP contribution in [0.5, 0.6) is 0 Å². The van der Waals surface area contributed by atoms with Gasteiger partial charge in [0.25, 0.3) is 0 Å². The standard InChI is InChI=1S/C14H20O8/c1-7(15)19-11-5-13(21-9(3)17)14(22-10(4)18)6-12(11)20-8(2)16/h11-14H,5-6H2,1-4H3/t11-,12+,13-,14+. The van der Waals surface area contributed by atoms with E-state index in [2.05, 4.69) is 0 Å². The summed E-state index contributed by atoms with van der Waals surface area (Å²) in [6.45, 7) is 4.90. The van der Waals surface area contributed by atoms with Crippen LogP contribution in [-0.4, -0.2) is 48.3 Å². The first-order valence-corrected chi connectivity index (χ1v) is 6.88. The molecule has 1 fully saturated rings. The van der Waals surface area contributed by atoms with E-state index in [-0.39, 0.29) is 12.8 Å². The minimum atomic E-state index is -0.766. The molecule has 0 radical (unpaired) electrons. The lowest BCUT2D eigenvalue weighted by Gasteiger charge is -2.38. The fourth-order valence-electron chi connectivity index (χ4n) is 2.41. The van der Waals surface area contributed by atoms with Crippen LogP contribution in [0.2, 0.25) is 0 Å². The van der Waals surface area contributed by atoms with E-state index >= 15 is 0 Å². The highest BCUT2D eigenvalue weighted by Crippen LogP contribution is 2.29. The molecule has 0 heterocycles. The van der Waals surface area contributed by atoms with E-state index in [1.54, 1.807) is 0 Å². The summed E-state index contributed by atoms with van der Waals surface area (Å²) in [7, 11) is 0. The zero-order chi connectivity index (χ0) is 16.9. The van der Waals surface area contributed by atoms with Crippen LogP contribution >= 0.6 is 0 Å². The molecule has 0 aromatic rings. The summed E-state index contributed by atoms with van der Waals surface area (Å²) < 4.78 is 20.5. The quantitative estimate of drug-likeness (QED) is 0.545. The summed E-state index contributed by atoms with van der Waals surface area (Å²) >= 11 is 0. The Morgan fingerprint density at radius 1 is 0.545 bits per heavy atom. The lowest BCUT2D eigenvalue weighted by molar-refractivity contribution is -0.196. The number of carbonyl (C=O) groups excluding carboxylic acids is 4. The predicted molar refractivity (Wildman–Crippen MR) is 71.5 cm³/mol. The van der Waals surface area contributed by atoms with Crippen molar-refractivity contribution in [3.8, 4) is 0 Å². The Hall–Kier alpha value is -2.12. The molecule has 22 heavy (non-hydrogen) atoms. The minimum Gasteiger partial charge on any atom is -0.458 e. The van der Waals surface area contributed by atoms with Crippen LogP contribution in [0, 0.1) is 0 Å². The Balaban J connectivity index is 2.92. The smallest absolute Gasteiger partial charge is 0.303 e. The van der Waals surface area contributed by atoms with E-state index in [4.69, 9.17) is 18.9 Å². The molecule has 0 spiro atoms. The van der Waals surface area contributed by atoms with E-state index in [1.807, 2.05) is 0 Å². The fourth-order valence-corrected chi connectivity index (χ4v) is 2.41. The van der Waals surface area contributed by atoms with Crippen molar-refractivity contribution in [2.24, 2.45) is 0 Å². The molecule has 4 atom stereocenters. The third-order valence-corrected chi connectivity index (χ3v) is 3.03. The average molecular weight is 316 g/mol. The van der Waals surface area contributed by atoms with Gasteiger partial charge in [0, 0.05) is 40.5 Å². The van der Waals surface area contributed by atoms with E-state index < -0.39 is 48.3 Å². The van der Waals surface area contributed by atoms with Gasteiger partial charge in [-0.05, 0) is 0 Å². The largest absolute Gasteiger partial charge is 0.458 e. The van der Waals surface area contributed by atoms with Crippen molar-refractivity contribution >= 4 is 23.9 Å². The molecule has 0 bridgehead atoms. The molecule has 0 unspecified atom stereocenters. The molecule has 1 aliphatic rings. The molecule has 1 rings (SSSR count). The van der Waals surface area contributed by atoms with Gasteiger partial charge < -0.3 is 18.9 Å². The van der Waals surface area contributed by atoms with Gasteiger partial charge in [-0.3, -0.25) is 19.2 Å². The summed E-state index contributed by atoms with van der Waals surface area (Å²) in [6, 6.07) is 0. The molecule has 8 heteroatoms. The summed E-state index contributed by atoms with van der Waals surface area (Å²) in [5, 5.41) is 0. The first-order valence-electron chi connectivity index (χ1n) is 6.88. The van der Waals surface area contributed by atoms with E-state index in [9.17, 15) is 19.2 Å². The highest BCUT2D eigenvalue weighted by atomic mass is 16.6. The molecule has 1 saturated carbocycles. The molecule has 8 nitrogen and oxygen atoms in total. The molecule has 0 aromatic carbocycles. The van der Waals surface area contributed by atoms with Gasteiger partial charge in [-0.2, -0.15) is 0 Å². The van der Waals surface area contributed by atoms with Gasteiger partial charge in [-0.1, -0.05) is 0 Å². The highest BCUT2D eigenvalue weighted by molar-refractivity contribution is 5.68. The third kappa shape index (κ3) is 5.71. The Kier molecular flexibility index (Phi) is 6.33. The number of rotatable bonds is 4. The van der Waals surface area contributed by atoms with Crippen molar-refractivity contribution in [2.45, 2.75) is 65.0 Å². The molecule has 0 aromatic heterocycles. The monoisotopic (exact) mass is 316 g/mol. The van der Waals surface area contributed by atoms with E-state index in [0.29, 0.717) is 0 Å². The Morgan fingerprint density at radius 3 is 0.864 bits per heavy atom. The second kappa shape index (κ2) is 7.77. The number of hydrogen-bond acceptors (Lipinski definition) is 8. The first kappa shape index (κ1) is 17.9. The Morgan fingerprint density at radius 2 is 0.727 bits per heavy atom. The van der Waals surface area contributed by atoms with Crippen LogP contribution in [0.25, 0.3) is 0 Å². The topological polar surface area (TPSA) is 105 Å². The first-order chi connectivity index (χ1) is 10.2. The molecular weight excluding hydrogens is 296 g/mol. The van der Waals surface area contributed by atoms with E-state index in [0.717, 1.165) is 0 Å². The van der Waals surface area contributed by atoms with Crippen molar-refractivity contribution in [1.82, 2.24) is 0 Å². The third-order valence-electron chi connectivity index (χ3n) is 3.03. The molecule has 0 aliphatic heterocycles. The van der Waals surface area contributed by atoms with Crippen molar-refractivity contribution in [1.29, 1.82) is 0 Å². The van der Waals surface area contributed by atoms with Gasteiger partial charge >= 0.3 is 23.9 Å². The van der Waals surface area contributed by atoms with Crippen LogP contribution in [-0.2, 0) is 38.1 Å². The second-order valence-corrected chi connectivity index (χ2v) is 5.06. The maximum atomic E-state index is 11.2. The van der Waals surface area contributed by atoms with Gasteiger partial charge in [0.05, 0.1) is 0 Å². The lowest BCUT2D eigenvalue weighted by atomic mass is 9.89. The zero-order valence-electron chi connectivity index (χ0n) is 13.0. The highest BCUT2D eigenvalue weighted by Gasteiger charge is 2.44. The molecule has 0 saturated heterocycles. The molecular formula is C14H20O8. The lowest BCUT2D eigenvalue weighted by Crippen LogP contribution is -2.51. The Labute approximate surface area is 128 Å². The maximum absolute atomic E-state index is 11.2. The molecule has 0 N–H and O–H groups in total. The minimum absolute atomic E-state index is 0.0784. The SMILES string of the molecule is CC(=O)O[C@H]1C[C@H](OC(C)=O)[C@H](OC(C)=O)C[C@H]1OC(C)=O. The summed E-state index contributed by atoms with van der Waals surface area (Å²) in [5.41, 5.74) is 0. The molecule has 124 valence electrons. The van der Waals surface area contributed by atoms with Gasteiger partial charge in [-0.15, -0.1) is 0 Å². The number of hydrogen-bond donors (Lipinski definition) is 0. The average Bonchev–Trinajstić information content (AvgIpc) is 2.31. The summed E-state index contributed by atoms with van der Waals surface area (Å²) in [6.07, 6.45) is -2.91. The predicted octanol–water partition coefficient (Wildman–Crippen LogP) is 0.507. The number of ether oxygens (including phenoxy) is 4. The van der Waals surface area contributed by atoms with Crippen LogP contribution in [0.4, 0.5) is 0 Å². The van der Waals surface area contributed by atoms with E-state index in [1.165, 1.54) is 27.7 Å². The van der Waals surface area contributed by atoms with Gasteiger partial charge in [0.1, 0.15) is 24.4 Å². The van der Waals surface area contributed by atoms with Crippen LogP contribution in [0.1, 0.15) is 40.5 Å². The van der Waals surface area contributed by atoms with Crippen molar-refractivity contribution in [3.05, 3.63) is 0 Å². The zero-order valence-corrected chi connectivity index (χ0v) is 13.0. The number of carbonyl (C=O) groups is 4. The summed E-state index contributed by atoms with van der Waals surface area (Å²) in [5.74, 6) is -2.19. The van der Waals surface area contributed by atoms with Crippen LogP contribution in [0.3, 0.4) is 0 Å². The van der Waals surface area contributed by atoms with Crippen molar-refractivity contribution < 1.29 is 38.1 Å².